The SMILES string of the molecule is CCCNCC(=O)NCC1CCC1. The molecule has 1 rings (SSSR count). The Bertz CT molecular complexity index is 155. The molecular formula is C10H20N2O. The van der Waals surface area contributed by atoms with Gasteiger partial charge in [0, 0.05) is 6.54 Å². The second-order valence-electron chi connectivity index (χ2n) is 3.78. The van der Waals surface area contributed by atoms with Gasteiger partial charge < -0.3 is 10.6 Å². The van der Waals surface area contributed by atoms with Crippen LogP contribution in [0.15, 0.2) is 0 Å². The first-order valence-electron chi connectivity index (χ1n) is 5.30. The van der Waals surface area contributed by atoms with Crippen molar-refractivity contribution >= 4 is 5.91 Å². The topological polar surface area (TPSA) is 41.1 Å². The molecule has 1 fully saturated rings. The zero-order valence-corrected chi connectivity index (χ0v) is 8.44. The average Bonchev–Trinajstić information content (AvgIpc) is 2.02. The van der Waals surface area contributed by atoms with Crippen LogP contribution in [-0.4, -0.2) is 25.5 Å². The Kier molecular flexibility index (Phi) is 4.83. The molecular weight excluding hydrogens is 164 g/mol. The maximum Gasteiger partial charge on any atom is 0.233 e. The molecule has 76 valence electrons. The van der Waals surface area contributed by atoms with Crippen molar-refractivity contribution in [2.24, 2.45) is 5.92 Å². The Morgan fingerprint density at radius 2 is 2.23 bits per heavy atom. The minimum atomic E-state index is 0.139. The van der Waals surface area contributed by atoms with Gasteiger partial charge in [-0.2, -0.15) is 0 Å². The lowest BCUT2D eigenvalue weighted by Gasteiger charge is -2.25. The van der Waals surface area contributed by atoms with E-state index in [-0.39, 0.29) is 5.91 Å². The largest absolute Gasteiger partial charge is 0.355 e. The molecule has 0 heterocycles. The molecule has 1 saturated carbocycles. The standard InChI is InChI=1S/C10H20N2O/c1-2-6-11-8-10(13)12-7-9-4-3-5-9/h9,11H,2-8H2,1H3,(H,12,13). The monoisotopic (exact) mass is 184 g/mol. The number of rotatable bonds is 6. The predicted octanol–water partition coefficient (Wildman–Crippen LogP) is 0.902. The molecule has 1 aliphatic rings. The fourth-order valence-electron chi connectivity index (χ4n) is 1.40. The third kappa shape index (κ3) is 4.27. The van der Waals surface area contributed by atoms with Gasteiger partial charge in [-0.15, -0.1) is 0 Å². The normalized spacial score (nSPS) is 16.7. The molecule has 0 saturated heterocycles. The molecule has 3 heteroatoms. The van der Waals surface area contributed by atoms with Gasteiger partial charge in [-0.05, 0) is 31.7 Å². The lowest BCUT2D eigenvalue weighted by molar-refractivity contribution is -0.120. The molecule has 0 aromatic rings. The summed E-state index contributed by atoms with van der Waals surface area (Å²) in [4.78, 5) is 11.2. The van der Waals surface area contributed by atoms with E-state index in [2.05, 4.69) is 17.6 Å². The van der Waals surface area contributed by atoms with E-state index in [4.69, 9.17) is 0 Å². The lowest BCUT2D eigenvalue weighted by Crippen LogP contribution is -2.38. The summed E-state index contributed by atoms with van der Waals surface area (Å²) < 4.78 is 0. The average molecular weight is 184 g/mol. The second-order valence-corrected chi connectivity index (χ2v) is 3.78. The number of carbonyl (C=O) groups is 1. The third-order valence-corrected chi connectivity index (χ3v) is 2.52. The van der Waals surface area contributed by atoms with E-state index in [1.54, 1.807) is 0 Å². The van der Waals surface area contributed by atoms with Crippen LogP contribution in [0.3, 0.4) is 0 Å². The molecule has 0 aliphatic heterocycles. The summed E-state index contributed by atoms with van der Waals surface area (Å²) in [5, 5.41) is 6.02. The van der Waals surface area contributed by atoms with Crippen LogP contribution in [0.4, 0.5) is 0 Å². The van der Waals surface area contributed by atoms with E-state index >= 15 is 0 Å². The molecule has 0 aromatic heterocycles. The van der Waals surface area contributed by atoms with Gasteiger partial charge in [0.1, 0.15) is 0 Å². The summed E-state index contributed by atoms with van der Waals surface area (Å²) in [6.45, 7) is 4.38. The van der Waals surface area contributed by atoms with Crippen LogP contribution >= 0.6 is 0 Å². The Morgan fingerprint density at radius 1 is 1.46 bits per heavy atom. The summed E-state index contributed by atoms with van der Waals surface area (Å²) in [6, 6.07) is 0. The summed E-state index contributed by atoms with van der Waals surface area (Å²) in [7, 11) is 0. The lowest BCUT2D eigenvalue weighted by atomic mass is 9.85. The Labute approximate surface area is 80.3 Å². The number of amides is 1. The minimum absolute atomic E-state index is 0.139. The van der Waals surface area contributed by atoms with Crippen molar-refractivity contribution in [3.63, 3.8) is 0 Å². The van der Waals surface area contributed by atoms with Crippen LogP contribution in [0.5, 0.6) is 0 Å². The summed E-state index contributed by atoms with van der Waals surface area (Å²) in [5.41, 5.74) is 0. The van der Waals surface area contributed by atoms with Crippen molar-refractivity contribution in [2.45, 2.75) is 32.6 Å². The van der Waals surface area contributed by atoms with Gasteiger partial charge in [0.15, 0.2) is 0 Å². The van der Waals surface area contributed by atoms with Gasteiger partial charge in [0.25, 0.3) is 0 Å². The fourth-order valence-corrected chi connectivity index (χ4v) is 1.40. The maximum atomic E-state index is 11.2. The van der Waals surface area contributed by atoms with Gasteiger partial charge in [-0.3, -0.25) is 4.79 Å². The maximum absolute atomic E-state index is 11.2. The molecule has 13 heavy (non-hydrogen) atoms. The van der Waals surface area contributed by atoms with Crippen LogP contribution in [0.1, 0.15) is 32.6 Å². The van der Waals surface area contributed by atoms with E-state index in [0.29, 0.717) is 6.54 Å². The highest BCUT2D eigenvalue weighted by molar-refractivity contribution is 5.77. The Hall–Kier alpha value is -0.570. The van der Waals surface area contributed by atoms with Crippen LogP contribution in [0, 0.1) is 5.92 Å². The number of carbonyl (C=O) groups excluding carboxylic acids is 1. The predicted molar refractivity (Wildman–Crippen MR) is 53.5 cm³/mol. The van der Waals surface area contributed by atoms with E-state index in [1.807, 2.05) is 0 Å². The van der Waals surface area contributed by atoms with E-state index in [0.717, 1.165) is 25.4 Å². The first-order chi connectivity index (χ1) is 6.33. The van der Waals surface area contributed by atoms with E-state index < -0.39 is 0 Å². The van der Waals surface area contributed by atoms with Crippen molar-refractivity contribution in [2.75, 3.05) is 19.6 Å². The number of hydrogen-bond donors (Lipinski definition) is 2. The second kappa shape index (κ2) is 5.97. The zero-order chi connectivity index (χ0) is 9.52. The first-order valence-corrected chi connectivity index (χ1v) is 5.30. The minimum Gasteiger partial charge on any atom is -0.355 e. The van der Waals surface area contributed by atoms with Crippen LogP contribution in [0.25, 0.3) is 0 Å². The molecule has 2 N–H and O–H groups in total. The van der Waals surface area contributed by atoms with Crippen molar-refractivity contribution in [1.29, 1.82) is 0 Å². The van der Waals surface area contributed by atoms with Gasteiger partial charge in [0.05, 0.1) is 6.54 Å². The zero-order valence-electron chi connectivity index (χ0n) is 8.44. The van der Waals surface area contributed by atoms with Gasteiger partial charge in [-0.25, -0.2) is 0 Å². The Balaban J connectivity index is 1.90. The summed E-state index contributed by atoms with van der Waals surface area (Å²) in [5.74, 6) is 0.899. The van der Waals surface area contributed by atoms with Crippen molar-refractivity contribution in [3.8, 4) is 0 Å². The van der Waals surface area contributed by atoms with E-state index in [9.17, 15) is 4.79 Å². The molecule has 1 amide bonds. The fraction of sp³-hybridized carbons (Fsp3) is 0.900. The smallest absolute Gasteiger partial charge is 0.233 e. The van der Waals surface area contributed by atoms with Gasteiger partial charge in [-0.1, -0.05) is 13.3 Å². The quantitative estimate of drug-likeness (QED) is 0.602. The van der Waals surface area contributed by atoms with Gasteiger partial charge in [0.2, 0.25) is 5.91 Å². The molecule has 0 bridgehead atoms. The molecule has 0 aromatic carbocycles. The van der Waals surface area contributed by atoms with Gasteiger partial charge >= 0.3 is 0 Å². The summed E-state index contributed by atoms with van der Waals surface area (Å²) in [6.07, 6.45) is 5.01. The van der Waals surface area contributed by atoms with Crippen LogP contribution in [-0.2, 0) is 4.79 Å². The van der Waals surface area contributed by atoms with Crippen molar-refractivity contribution in [3.05, 3.63) is 0 Å². The highest BCUT2D eigenvalue weighted by atomic mass is 16.1. The Morgan fingerprint density at radius 3 is 2.77 bits per heavy atom. The third-order valence-electron chi connectivity index (χ3n) is 2.52. The van der Waals surface area contributed by atoms with Crippen molar-refractivity contribution < 1.29 is 4.79 Å². The molecule has 0 atom stereocenters. The molecule has 3 nitrogen and oxygen atoms in total. The van der Waals surface area contributed by atoms with Crippen LogP contribution in [0.2, 0.25) is 0 Å². The highest BCUT2D eigenvalue weighted by Gasteiger charge is 2.17. The summed E-state index contributed by atoms with van der Waals surface area (Å²) >= 11 is 0. The molecule has 0 spiro atoms. The van der Waals surface area contributed by atoms with E-state index in [1.165, 1.54) is 19.3 Å². The molecule has 0 unspecified atom stereocenters. The van der Waals surface area contributed by atoms with Crippen molar-refractivity contribution in [1.82, 2.24) is 10.6 Å². The first kappa shape index (κ1) is 10.5. The number of hydrogen-bond acceptors (Lipinski definition) is 2. The number of nitrogens with one attached hydrogen (secondary N) is 2. The molecule has 0 radical (unpaired) electrons. The van der Waals surface area contributed by atoms with Crippen LogP contribution < -0.4 is 10.6 Å². The molecule has 1 aliphatic carbocycles. The highest BCUT2D eigenvalue weighted by Crippen LogP contribution is 2.24.